The van der Waals surface area contributed by atoms with Crippen LogP contribution in [0, 0.1) is 0 Å². The van der Waals surface area contributed by atoms with E-state index in [2.05, 4.69) is 19.1 Å². The quantitative estimate of drug-likeness (QED) is 0.891. The Morgan fingerprint density at radius 1 is 1.20 bits per heavy atom. The second-order valence-corrected chi connectivity index (χ2v) is 5.73. The van der Waals surface area contributed by atoms with Crippen molar-refractivity contribution in [2.24, 2.45) is 0 Å². The Labute approximate surface area is 124 Å². The van der Waals surface area contributed by atoms with Crippen molar-refractivity contribution in [3.05, 3.63) is 64.7 Å². The lowest BCUT2D eigenvalue weighted by molar-refractivity contribution is 0.0546. The summed E-state index contributed by atoms with van der Waals surface area (Å²) in [6.07, 6.45) is 0.0401. The molecule has 2 unspecified atom stereocenters. The summed E-state index contributed by atoms with van der Waals surface area (Å²) in [7, 11) is 0. The van der Waals surface area contributed by atoms with Gasteiger partial charge in [0, 0.05) is 22.9 Å². The Hall–Kier alpha value is -1.51. The Morgan fingerprint density at radius 2 is 1.95 bits per heavy atom. The maximum atomic E-state index is 10.3. The van der Waals surface area contributed by atoms with Crippen molar-refractivity contribution in [1.29, 1.82) is 0 Å². The summed E-state index contributed by atoms with van der Waals surface area (Å²) in [6, 6.07) is 15.7. The number of hydrogen-bond acceptors (Lipinski definition) is 2. The van der Waals surface area contributed by atoms with Gasteiger partial charge in [-0.2, -0.15) is 0 Å². The van der Waals surface area contributed by atoms with Gasteiger partial charge in [0.25, 0.3) is 0 Å². The molecule has 3 heteroatoms. The van der Waals surface area contributed by atoms with Crippen LogP contribution in [0.4, 0.5) is 0 Å². The van der Waals surface area contributed by atoms with Crippen molar-refractivity contribution in [3.8, 4) is 5.75 Å². The average Bonchev–Trinajstić information content (AvgIpc) is 2.48. The Balaban J connectivity index is 1.86. The summed E-state index contributed by atoms with van der Waals surface area (Å²) in [5, 5.41) is 10.9. The number of hydrogen-bond donors (Lipinski definition) is 1. The second kappa shape index (κ2) is 5.47. The van der Waals surface area contributed by atoms with Crippen LogP contribution in [-0.4, -0.2) is 11.2 Å². The fraction of sp³-hybridized carbons (Fsp3) is 0.294. The number of halogens is 1. The van der Waals surface area contributed by atoms with Crippen LogP contribution in [0.2, 0.25) is 5.02 Å². The van der Waals surface area contributed by atoms with Crippen LogP contribution in [-0.2, 0) is 0 Å². The predicted molar refractivity (Wildman–Crippen MR) is 80.3 cm³/mol. The van der Waals surface area contributed by atoms with E-state index < -0.39 is 6.10 Å². The van der Waals surface area contributed by atoms with E-state index in [0.29, 0.717) is 11.4 Å². The van der Waals surface area contributed by atoms with E-state index in [1.807, 2.05) is 24.3 Å². The highest BCUT2D eigenvalue weighted by Crippen LogP contribution is 2.40. The van der Waals surface area contributed by atoms with Gasteiger partial charge in [-0.1, -0.05) is 48.9 Å². The van der Waals surface area contributed by atoms with Crippen molar-refractivity contribution in [2.45, 2.75) is 31.5 Å². The molecule has 0 saturated heterocycles. The molecule has 2 nitrogen and oxygen atoms in total. The van der Waals surface area contributed by atoms with Gasteiger partial charge < -0.3 is 9.84 Å². The summed E-state index contributed by atoms with van der Waals surface area (Å²) in [6.45, 7) is 2.13. The van der Waals surface area contributed by atoms with Crippen molar-refractivity contribution in [3.63, 3.8) is 0 Å². The Kier molecular flexibility index (Phi) is 3.68. The number of ether oxygens (including phenoxy) is 1. The van der Waals surface area contributed by atoms with Gasteiger partial charge in [-0.15, -0.1) is 0 Å². The minimum atomic E-state index is -0.520. The minimum absolute atomic E-state index is 0.0268. The third-order valence-electron chi connectivity index (χ3n) is 3.95. The van der Waals surface area contributed by atoms with Gasteiger partial charge >= 0.3 is 0 Å². The summed E-state index contributed by atoms with van der Waals surface area (Å²) in [5.74, 6) is 0.968. The fourth-order valence-corrected chi connectivity index (χ4v) is 2.90. The molecule has 2 aromatic rings. The van der Waals surface area contributed by atoms with Gasteiger partial charge in [0.15, 0.2) is 0 Å². The van der Waals surface area contributed by atoms with E-state index >= 15 is 0 Å². The molecule has 1 aliphatic rings. The van der Waals surface area contributed by atoms with E-state index in [1.54, 1.807) is 12.1 Å². The highest BCUT2D eigenvalue weighted by atomic mass is 35.5. The van der Waals surface area contributed by atoms with Crippen LogP contribution < -0.4 is 4.74 Å². The molecule has 20 heavy (non-hydrogen) atoms. The monoisotopic (exact) mass is 288 g/mol. The number of fused-ring (bicyclic) bond motifs is 1. The van der Waals surface area contributed by atoms with Crippen LogP contribution in [0.25, 0.3) is 0 Å². The van der Waals surface area contributed by atoms with Gasteiger partial charge in [-0.25, -0.2) is 0 Å². The van der Waals surface area contributed by atoms with Gasteiger partial charge in [0.1, 0.15) is 11.9 Å². The molecule has 0 bridgehead atoms. The molecule has 0 radical (unpaired) electrons. The molecule has 0 amide bonds. The van der Waals surface area contributed by atoms with Crippen LogP contribution in [0.1, 0.15) is 36.5 Å². The van der Waals surface area contributed by atoms with Gasteiger partial charge in [-0.3, -0.25) is 0 Å². The number of aliphatic hydroxyl groups is 1. The summed E-state index contributed by atoms with van der Waals surface area (Å²) >= 11 is 5.97. The van der Waals surface area contributed by atoms with E-state index in [-0.39, 0.29) is 12.0 Å². The summed E-state index contributed by atoms with van der Waals surface area (Å²) in [4.78, 5) is 0. The third-order valence-corrected chi connectivity index (χ3v) is 4.18. The normalized spacial score (nSPS) is 22.8. The molecule has 2 aromatic carbocycles. The first kappa shape index (κ1) is 13.5. The van der Waals surface area contributed by atoms with Crippen molar-refractivity contribution < 1.29 is 9.84 Å². The molecule has 0 aromatic heterocycles. The van der Waals surface area contributed by atoms with E-state index in [9.17, 15) is 5.11 Å². The maximum Gasteiger partial charge on any atom is 0.125 e. The first-order chi connectivity index (χ1) is 9.65. The standard InChI is InChI=1S/C17H17ClO2/c1-11(12-5-3-2-4-6-12)17-10-15(19)14-9-13(18)7-8-16(14)20-17/h2-9,11,15,17,19H,10H2,1H3/t11?,15-,17?/m0/s1. The zero-order chi connectivity index (χ0) is 14.1. The van der Waals surface area contributed by atoms with Crippen LogP contribution in [0.5, 0.6) is 5.75 Å². The number of aliphatic hydroxyl groups excluding tert-OH is 1. The van der Waals surface area contributed by atoms with Gasteiger partial charge in [-0.05, 0) is 23.8 Å². The summed E-state index contributed by atoms with van der Waals surface area (Å²) < 4.78 is 6.05. The molecule has 1 N–H and O–H groups in total. The smallest absolute Gasteiger partial charge is 0.125 e. The Bertz CT molecular complexity index is 597. The largest absolute Gasteiger partial charge is 0.489 e. The first-order valence-electron chi connectivity index (χ1n) is 6.84. The molecule has 1 aliphatic heterocycles. The topological polar surface area (TPSA) is 29.5 Å². The minimum Gasteiger partial charge on any atom is -0.489 e. The van der Waals surface area contributed by atoms with Gasteiger partial charge in [0.05, 0.1) is 6.10 Å². The molecule has 0 fully saturated rings. The molecule has 104 valence electrons. The Morgan fingerprint density at radius 3 is 2.70 bits per heavy atom. The fourth-order valence-electron chi connectivity index (χ4n) is 2.72. The predicted octanol–water partition coefficient (Wildman–Crippen LogP) is 4.33. The molecule has 0 aliphatic carbocycles. The molecule has 3 rings (SSSR count). The zero-order valence-corrected chi connectivity index (χ0v) is 12.0. The molecule has 1 heterocycles. The second-order valence-electron chi connectivity index (χ2n) is 5.29. The molecule has 0 saturated carbocycles. The first-order valence-corrected chi connectivity index (χ1v) is 7.22. The molecule has 0 spiro atoms. The average molecular weight is 289 g/mol. The SMILES string of the molecule is CC(c1ccccc1)C1C[C@H](O)c2cc(Cl)ccc2O1. The molecular weight excluding hydrogens is 272 g/mol. The van der Waals surface area contributed by atoms with E-state index in [4.69, 9.17) is 16.3 Å². The van der Waals surface area contributed by atoms with E-state index in [0.717, 1.165) is 11.3 Å². The maximum absolute atomic E-state index is 10.3. The lowest BCUT2D eigenvalue weighted by Crippen LogP contribution is -2.30. The highest BCUT2D eigenvalue weighted by Gasteiger charge is 2.31. The van der Waals surface area contributed by atoms with Gasteiger partial charge in [0.2, 0.25) is 0 Å². The van der Waals surface area contributed by atoms with E-state index in [1.165, 1.54) is 5.56 Å². The lowest BCUT2D eigenvalue weighted by Gasteiger charge is -2.33. The summed E-state index contributed by atoms with van der Waals surface area (Å²) in [5.41, 5.74) is 2.01. The van der Waals surface area contributed by atoms with Crippen molar-refractivity contribution >= 4 is 11.6 Å². The van der Waals surface area contributed by atoms with Crippen molar-refractivity contribution in [2.75, 3.05) is 0 Å². The molecular formula is C17H17ClO2. The van der Waals surface area contributed by atoms with Crippen LogP contribution in [0.15, 0.2) is 48.5 Å². The van der Waals surface area contributed by atoms with Crippen LogP contribution >= 0.6 is 11.6 Å². The van der Waals surface area contributed by atoms with Crippen molar-refractivity contribution in [1.82, 2.24) is 0 Å². The van der Waals surface area contributed by atoms with Crippen LogP contribution in [0.3, 0.4) is 0 Å². The number of rotatable bonds is 2. The zero-order valence-electron chi connectivity index (χ0n) is 11.3. The molecule has 3 atom stereocenters. The number of benzene rings is 2. The third kappa shape index (κ3) is 2.54. The lowest BCUT2D eigenvalue weighted by atomic mass is 9.88. The highest BCUT2D eigenvalue weighted by molar-refractivity contribution is 6.30.